The van der Waals surface area contributed by atoms with E-state index in [1.165, 1.54) is 16.8 Å². The van der Waals surface area contributed by atoms with Gasteiger partial charge in [0.15, 0.2) is 0 Å². The summed E-state index contributed by atoms with van der Waals surface area (Å²) in [6.45, 7) is 11.6. The Balaban J connectivity index is 0.00000140. The Hall–Kier alpha value is -3.27. The minimum absolute atomic E-state index is 0. The molecule has 0 amide bonds. The van der Waals surface area contributed by atoms with E-state index in [0.717, 1.165) is 66.2 Å². The van der Waals surface area contributed by atoms with Gasteiger partial charge in [-0.2, -0.15) is 0 Å². The molecule has 8 nitrogen and oxygen atoms in total. The number of aromatic nitrogens is 4. The van der Waals surface area contributed by atoms with Gasteiger partial charge in [0.05, 0.1) is 22.2 Å². The lowest BCUT2D eigenvalue weighted by molar-refractivity contribution is 0.250. The number of piperazine rings is 1. The number of halogens is 2. The van der Waals surface area contributed by atoms with Crippen molar-refractivity contribution < 1.29 is 11.0 Å². The van der Waals surface area contributed by atoms with Crippen LogP contribution in [0.3, 0.4) is 0 Å². The molecule has 5 N–H and O–H groups in total. The zero-order valence-corrected chi connectivity index (χ0v) is 24.6. The van der Waals surface area contributed by atoms with Gasteiger partial charge < -0.3 is 20.8 Å². The van der Waals surface area contributed by atoms with Gasteiger partial charge in [-0.05, 0) is 40.8 Å². The van der Waals surface area contributed by atoms with Gasteiger partial charge in [-0.25, -0.2) is 4.98 Å². The molecule has 0 radical (unpaired) electrons. The number of imidazole rings is 1. The maximum absolute atomic E-state index is 5.04. The van der Waals surface area contributed by atoms with E-state index in [-0.39, 0.29) is 41.2 Å². The first kappa shape index (κ1) is 32.9. The lowest BCUT2D eigenvalue weighted by atomic mass is 9.87. The van der Waals surface area contributed by atoms with Gasteiger partial charge >= 0.3 is 0 Å². The molecule has 1 saturated heterocycles. The number of rotatable bonds is 4. The second-order valence-electron chi connectivity index (χ2n) is 10.7. The average molecular weight is 586 g/mol. The molecule has 3 aromatic carbocycles. The number of H-pyrrole nitrogens is 1. The van der Waals surface area contributed by atoms with Crippen molar-refractivity contribution in [1.29, 1.82) is 0 Å². The van der Waals surface area contributed by atoms with E-state index < -0.39 is 0 Å². The summed E-state index contributed by atoms with van der Waals surface area (Å²) in [6, 6.07) is 21.6. The normalized spacial score (nSPS) is 13.6. The van der Waals surface area contributed by atoms with Crippen LogP contribution in [0.4, 0.5) is 5.69 Å². The van der Waals surface area contributed by atoms with Gasteiger partial charge in [0, 0.05) is 50.7 Å². The smallest absolute Gasteiger partial charge is 0.138 e. The van der Waals surface area contributed by atoms with Gasteiger partial charge in [-0.3, -0.25) is 14.9 Å². The van der Waals surface area contributed by atoms with Crippen LogP contribution in [0.5, 0.6) is 0 Å². The Morgan fingerprint density at radius 1 is 0.800 bits per heavy atom. The maximum Gasteiger partial charge on any atom is 0.138 e. The Morgan fingerprint density at radius 3 is 2.15 bits per heavy atom. The maximum atomic E-state index is 5.04. The number of nitrogens with zero attached hydrogens (tertiary/aromatic N) is 5. The van der Waals surface area contributed by atoms with Crippen molar-refractivity contribution in [2.45, 2.75) is 32.7 Å². The summed E-state index contributed by atoms with van der Waals surface area (Å²) in [4.78, 5) is 22.4. The molecule has 214 valence electrons. The van der Waals surface area contributed by atoms with Crippen LogP contribution in [0.1, 0.15) is 31.9 Å². The highest BCUT2D eigenvalue weighted by Gasteiger charge is 2.21. The van der Waals surface area contributed by atoms with Gasteiger partial charge in [-0.1, -0.05) is 57.2 Å². The van der Waals surface area contributed by atoms with Crippen LogP contribution in [-0.2, 0) is 12.0 Å². The number of para-hydroxylation sites is 1. The second kappa shape index (κ2) is 13.4. The van der Waals surface area contributed by atoms with Crippen molar-refractivity contribution in [3.05, 3.63) is 84.2 Å². The van der Waals surface area contributed by atoms with Gasteiger partial charge in [0.1, 0.15) is 11.3 Å². The van der Waals surface area contributed by atoms with Gasteiger partial charge in [0.2, 0.25) is 0 Å². The van der Waals surface area contributed by atoms with Crippen LogP contribution in [0.2, 0.25) is 0 Å². The van der Waals surface area contributed by atoms with Gasteiger partial charge in [0.25, 0.3) is 0 Å². The monoisotopic (exact) mass is 584 g/mol. The molecule has 3 heterocycles. The third-order valence-electron chi connectivity index (χ3n) is 7.17. The third-order valence-corrected chi connectivity index (χ3v) is 7.17. The molecule has 6 rings (SSSR count). The lowest BCUT2D eigenvalue weighted by Gasteiger charge is -2.36. The molecule has 0 saturated carbocycles. The van der Waals surface area contributed by atoms with Gasteiger partial charge in [-0.15, -0.1) is 24.8 Å². The Bertz CT molecular complexity index is 1530. The quantitative estimate of drug-likeness (QED) is 0.318. The molecule has 1 aliphatic heterocycles. The SMILES string of the molecule is CC(C)(C)c1ccc(-c2nc3c(N4CCN(Cc5ccc6nccnc6c5)CC4)cccc3[nH]2)cc1.Cl.Cl.O.O. The predicted octanol–water partition coefficient (Wildman–Crippen LogP) is 4.99. The number of anilines is 1. The second-order valence-corrected chi connectivity index (χ2v) is 10.7. The highest BCUT2D eigenvalue weighted by atomic mass is 35.5. The first-order chi connectivity index (χ1) is 17.4. The largest absolute Gasteiger partial charge is 0.412 e. The minimum atomic E-state index is 0. The number of benzene rings is 3. The summed E-state index contributed by atoms with van der Waals surface area (Å²) in [5.41, 5.74) is 9.13. The molecular weight excluding hydrogens is 547 g/mol. The Morgan fingerprint density at radius 2 is 1.48 bits per heavy atom. The van der Waals surface area contributed by atoms with Crippen molar-refractivity contribution in [1.82, 2.24) is 24.8 Å². The molecule has 10 heteroatoms. The van der Waals surface area contributed by atoms with Crippen LogP contribution < -0.4 is 4.90 Å². The third kappa shape index (κ3) is 6.71. The fourth-order valence-corrected chi connectivity index (χ4v) is 5.05. The molecular formula is C30H38Cl2N6O2. The summed E-state index contributed by atoms with van der Waals surface area (Å²) < 4.78 is 0. The number of nitrogens with one attached hydrogen (secondary N) is 1. The molecule has 0 spiro atoms. The molecule has 0 aliphatic carbocycles. The highest BCUT2D eigenvalue weighted by molar-refractivity contribution is 5.91. The summed E-state index contributed by atoms with van der Waals surface area (Å²) in [5, 5.41) is 0. The lowest BCUT2D eigenvalue weighted by Crippen LogP contribution is -2.46. The van der Waals surface area contributed by atoms with E-state index in [4.69, 9.17) is 4.98 Å². The highest BCUT2D eigenvalue weighted by Crippen LogP contribution is 2.30. The van der Waals surface area contributed by atoms with Crippen molar-refractivity contribution in [2.24, 2.45) is 0 Å². The minimum Gasteiger partial charge on any atom is -0.412 e. The molecule has 1 fully saturated rings. The number of hydrogen-bond donors (Lipinski definition) is 1. The Kier molecular flexibility index (Phi) is 11.0. The molecule has 1 aliphatic rings. The van der Waals surface area contributed by atoms with Crippen molar-refractivity contribution in [3.63, 3.8) is 0 Å². The fraction of sp³-hybridized carbons (Fsp3) is 0.300. The fourth-order valence-electron chi connectivity index (χ4n) is 5.05. The molecule has 0 bridgehead atoms. The van der Waals surface area contributed by atoms with Crippen LogP contribution in [0.15, 0.2) is 73.1 Å². The summed E-state index contributed by atoms with van der Waals surface area (Å²) in [5.74, 6) is 0.927. The number of hydrogen-bond acceptors (Lipinski definition) is 5. The zero-order chi connectivity index (χ0) is 24.7. The average Bonchev–Trinajstić information content (AvgIpc) is 3.33. The first-order valence-corrected chi connectivity index (χ1v) is 12.7. The van der Waals surface area contributed by atoms with Crippen LogP contribution in [0.25, 0.3) is 33.5 Å². The topological polar surface area (TPSA) is 124 Å². The van der Waals surface area contributed by atoms with E-state index >= 15 is 0 Å². The van der Waals surface area contributed by atoms with E-state index in [1.807, 2.05) is 0 Å². The van der Waals surface area contributed by atoms with Crippen molar-refractivity contribution >= 4 is 52.6 Å². The van der Waals surface area contributed by atoms with Crippen LogP contribution in [-0.4, -0.2) is 62.0 Å². The molecule has 0 atom stereocenters. The molecule has 5 aromatic rings. The summed E-state index contributed by atoms with van der Waals surface area (Å²) in [7, 11) is 0. The van der Waals surface area contributed by atoms with Crippen molar-refractivity contribution in [3.8, 4) is 11.4 Å². The van der Waals surface area contributed by atoms with E-state index in [9.17, 15) is 0 Å². The number of fused-ring (bicyclic) bond motifs is 2. The molecule has 0 unspecified atom stereocenters. The van der Waals surface area contributed by atoms with Crippen LogP contribution in [0, 0.1) is 0 Å². The summed E-state index contributed by atoms with van der Waals surface area (Å²) >= 11 is 0. The zero-order valence-electron chi connectivity index (χ0n) is 23.0. The number of aromatic amines is 1. The molecule has 2 aromatic heterocycles. The van der Waals surface area contributed by atoms with E-state index in [0.29, 0.717) is 0 Å². The standard InChI is InChI=1S/C30H32N6.2ClH.2H2O/c1-30(2,3)23-10-8-22(9-11-23)29-33-25-5-4-6-27(28(25)34-29)36-17-15-35(16-18-36)20-21-7-12-24-26(19-21)32-14-13-31-24;;;;/h4-14,19H,15-18,20H2,1-3H3,(H,33,34);2*1H;2*1H2. The Labute approximate surface area is 247 Å². The summed E-state index contributed by atoms with van der Waals surface area (Å²) in [6.07, 6.45) is 3.50. The van der Waals surface area contributed by atoms with Crippen LogP contribution >= 0.6 is 24.8 Å². The van der Waals surface area contributed by atoms with E-state index in [1.54, 1.807) is 12.4 Å². The predicted molar refractivity (Wildman–Crippen MR) is 169 cm³/mol. The van der Waals surface area contributed by atoms with E-state index in [2.05, 4.69) is 106 Å². The first-order valence-electron chi connectivity index (χ1n) is 12.7. The molecule has 40 heavy (non-hydrogen) atoms. The van der Waals surface area contributed by atoms with Crippen molar-refractivity contribution in [2.75, 3.05) is 31.1 Å².